The Labute approximate surface area is 199 Å². The van der Waals surface area contributed by atoms with Gasteiger partial charge in [0.25, 0.3) is 0 Å². The summed E-state index contributed by atoms with van der Waals surface area (Å²) in [5.74, 6) is -4.01. The van der Waals surface area contributed by atoms with Crippen molar-refractivity contribution >= 4 is 32.3 Å². The van der Waals surface area contributed by atoms with Crippen LogP contribution in [0.3, 0.4) is 0 Å². The lowest BCUT2D eigenvalue weighted by Gasteiger charge is -2.19. The second kappa shape index (κ2) is 7.95. The molecule has 0 N–H and O–H groups in total. The Bertz CT molecular complexity index is 1710. The molecule has 0 atom stereocenters. The fourth-order valence-electron chi connectivity index (χ4n) is 4.90. The molecule has 6 aromatic carbocycles. The van der Waals surface area contributed by atoms with Crippen molar-refractivity contribution in [2.75, 3.05) is 0 Å². The van der Waals surface area contributed by atoms with Crippen molar-refractivity contribution in [1.29, 1.82) is 0 Å². The van der Waals surface area contributed by atoms with Gasteiger partial charge in [-0.3, -0.25) is 0 Å². The highest BCUT2D eigenvalue weighted by Crippen LogP contribution is 2.45. The van der Waals surface area contributed by atoms with Crippen molar-refractivity contribution in [3.8, 4) is 22.3 Å². The number of benzene rings is 6. The Kier molecular flexibility index (Phi) is 4.85. The first-order valence-electron chi connectivity index (χ1n) is 11.2. The van der Waals surface area contributed by atoms with Gasteiger partial charge in [0.1, 0.15) is 0 Å². The molecule has 0 heterocycles. The summed E-state index contributed by atoms with van der Waals surface area (Å²) < 4.78 is 58.4. The molecule has 0 bridgehead atoms. The SMILES string of the molecule is Cc1ccc(-c2c3cc(F)c(F)cc3c(-c3ccc4ccccc4c3)c3cc(F)c(F)cc23)cc1. The van der Waals surface area contributed by atoms with E-state index in [1.54, 1.807) is 0 Å². The van der Waals surface area contributed by atoms with E-state index in [1.165, 1.54) is 0 Å². The second-order valence-electron chi connectivity index (χ2n) is 8.80. The van der Waals surface area contributed by atoms with Crippen molar-refractivity contribution in [3.05, 3.63) is 120 Å². The lowest BCUT2D eigenvalue weighted by atomic mass is 9.85. The largest absolute Gasteiger partial charge is 0.204 e. The smallest absolute Gasteiger partial charge is 0.159 e. The molecule has 0 radical (unpaired) electrons. The van der Waals surface area contributed by atoms with E-state index >= 15 is 0 Å². The number of hydrogen-bond acceptors (Lipinski definition) is 0. The maximum absolute atomic E-state index is 14.6. The van der Waals surface area contributed by atoms with Crippen LogP contribution >= 0.6 is 0 Å². The molecular weight excluding hydrogens is 448 g/mol. The topological polar surface area (TPSA) is 0 Å². The second-order valence-corrected chi connectivity index (χ2v) is 8.80. The average Bonchev–Trinajstić information content (AvgIpc) is 2.85. The number of rotatable bonds is 2. The summed E-state index contributed by atoms with van der Waals surface area (Å²) >= 11 is 0. The first-order valence-corrected chi connectivity index (χ1v) is 11.2. The summed E-state index contributed by atoms with van der Waals surface area (Å²) in [6, 6.07) is 25.5. The Morgan fingerprint density at radius 3 is 1.37 bits per heavy atom. The minimum absolute atomic E-state index is 0.424. The molecule has 0 aliphatic heterocycles. The molecule has 0 spiro atoms. The van der Waals surface area contributed by atoms with Gasteiger partial charge in [-0.25, -0.2) is 17.6 Å². The van der Waals surface area contributed by atoms with Gasteiger partial charge in [-0.05, 0) is 91.8 Å². The van der Waals surface area contributed by atoms with Crippen LogP contribution in [0.25, 0.3) is 54.6 Å². The standard InChI is InChI=1S/C31H18F4/c1-17-6-8-19(9-7-17)30-22-13-26(32)28(34)15-24(22)31(25-16-29(35)27(33)14-23(25)30)21-11-10-18-4-2-3-5-20(18)12-21/h2-16H,1H3. The highest BCUT2D eigenvalue weighted by molar-refractivity contribution is 6.21. The summed E-state index contributed by atoms with van der Waals surface area (Å²) in [6.45, 7) is 1.94. The van der Waals surface area contributed by atoms with E-state index in [1.807, 2.05) is 73.7 Å². The van der Waals surface area contributed by atoms with Crippen LogP contribution in [0.15, 0.2) is 91.0 Å². The summed E-state index contributed by atoms with van der Waals surface area (Å²) in [4.78, 5) is 0. The maximum atomic E-state index is 14.6. The van der Waals surface area contributed by atoms with E-state index in [0.29, 0.717) is 43.8 Å². The fraction of sp³-hybridized carbons (Fsp3) is 0.0323. The maximum Gasteiger partial charge on any atom is 0.159 e. The van der Waals surface area contributed by atoms with E-state index < -0.39 is 23.3 Å². The predicted molar refractivity (Wildman–Crippen MR) is 134 cm³/mol. The highest BCUT2D eigenvalue weighted by atomic mass is 19.2. The lowest BCUT2D eigenvalue weighted by Crippen LogP contribution is -1.96. The van der Waals surface area contributed by atoms with Crippen LogP contribution in [0.1, 0.15) is 5.56 Å². The monoisotopic (exact) mass is 466 g/mol. The van der Waals surface area contributed by atoms with Gasteiger partial charge in [0, 0.05) is 0 Å². The summed E-state index contributed by atoms with van der Waals surface area (Å²) in [5, 5.41) is 3.65. The van der Waals surface area contributed by atoms with Crippen molar-refractivity contribution in [2.24, 2.45) is 0 Å². The summed E-state index contributed by atoms with van der Waals surface area (Å²) in [6.07, 6.45) is 0. The van der Waals surface area contributed by atoms with Crippen LogP contribution in [0.2, 0.25) is 0 Å². The number of hydrogen-bond donors (Lipinski definition) is 0. The van der Waals surface area contributed by atoms with Crippen LogP contribution in [0.5, 0.6) is 0 Å². The molecule has 6 aromatic rings. The molecule has 35 heavy (non-hydrogen) atoms. The van der Waals surface area contributed by atoms with Gasteiger partial charge in [0.05, 0.1) is 0 Å². The molecule has 0 saturated heterocycles. The van der Waals surface area contributed by atoms with Crippen LogP contribution in [0.4, 0.5) is 17.6 Å². The lowest BCUT2D eigenvalue weighted by molar-refractivity contribution is 0.510. The molecule has 0 aromatic heterocycles. The molecular formula is C31H18F4. The molecule has 0 saturated carbocycles. The van der Waals surface area contributed by atoms with E-state index in [2.05, 4.69) is 0 Å². The number of fused-ring (bicyclic) bond motifs is 3. The van der Waals surface area contributed by atoms with Crippen molar-refractivity contribution in [3.63, 3.8) is 0 Å². The van der Waals surface area contributed by atoms with Crippen molar-refractivity contribution < 1.29 is 17.6 Å². The molecule has 0 amide bonds. The van der Waals surface area contributed by atoms with Crippen LogP contribution < -0.4 is 0 Å². The van der Waals surface area contributed by atoms with E-state index in [0.717, 1.165) is 40.6 Å². The predicted octanol–water partition coefficient (Wildman–Crippen LogP) is 9.35. The van der Waals surface area contributed by atoms with Gasteiger partial charge in [0.15, 0.2) is 23.3 Å². The molecule has 0 aliphatic carbocycles. The molecule has 0 fully saturated rings. The van der Waals surface area contributed by atoms with Crippen molar-refractivity contribution in [1.82, 2.24) is 0 Å². The Morgan fingerprint density at radius 2 is 0.857 bits per heavy atom. The minimum Gasteiger partial charge on any atom is -0.204 e. The van der Waals surface area contributed by atoms with Crippen molar-refractivity contribution in [2.45, 2.75) is 6.92 Å². The van der Waals surface area contributed by atoms with Gasteiger partial charge < -0.3 is 0 Å². The fourth-order valence-corrected chi connectivity index (χ4v) is 4.90. The van der Waals surface area contributed by atoms with Crippen LogP contribution in [-0.4, -0.2) is 0 Å². The van der Waals surface area contributed by atoms with E-state index in [-0.39, 0.29) is 0 Å². The first-order chi connectivity index (χ1) is 16.9. The van der Waals surface area contributed by atoms with Gasteiger partial charge >= 0.3 is 0 Å². The molecule has 0 aliphatic rings. The van der Waals surface area contributed by atoms with Gasteiger partial charge in [0.2, 0.25) is 0 Å². The third-order valence-corrected chi connectivity index (χ3v) is 6.58. The van der Waals surface area contributed by atoms with E-state index in [4.69, 9.17) is 0 Å². The molecule has 0 nitrogen and oxygen atoms in total. The molecule has 170 valence electrons. The van der Waals surface area contributed by atoms with Gasteiger partial charge in [-0.15, -0.1) is 0 Å². The minimum atomic E-state index is -1.00. The molecule has 0 unspecified atom stereocenters. The van der Waals surface area contributed by atoms with Gasteiger partial charge in [-0.1, -0.05) is 66.2 Å². The quantitative estimate of drug-likeness (QED) is 0.176. The van der Waals surface area contributed by atoms with Gasteiger partial charge in [-0.2, -0.15) is 0 Å². The third-order valence-electron chi connectivity index (χ3n) is 6.58. The van der Waals surface area contributed by atoms with Crippen LogP contribution in [-0.2, 0) is 0 Å². The Balaban J connectivity index is 1.84. The molecule has 6 rings (SSSR count). The average molecular weight is 466 g/mol. The van der Waals surface area contributed by atoms with Crippen LogP contribution in [0, 0.1) is 30.2 Å². The third kappa shape index (κ3) is 3.45. The first kappa shape index (κ1) is 21.4. The Morgan fingerprint density at radius 1 is 0.429 bits per heavy atom. The Hall–Kier alpha value is -4.18. The van der Waals surface area contributed by atoms with E-state index in [9.17, 15) is 17.6 Å². The highest BCUT2D eigenvalue weighted by Gasteiger charge is 2.21. The normalized spacial score (nSPS) is 11.6. The zero-order valence-electron chi connectivity index (χ0n) is 18.7. The number of halogens is 4. The number of aryl methyl sites for hydroxylation is 1. The zero-order valence-corrected chi connectivity index (χ0v) is 18.7. The molecule has 4 heteroatoms. The summed E-state index contributed by atoms with van der Waals surface area (Å²) in [7, 11) is 0. The summed E-state index contributed by atoms with van der Waals surface area (Å²) in [5.41, 5.74) is 3.47. The zero-order chi connectivity index (χ0) is 24.3.